The first kappa shape index (κ1) is 14.7. The zero-order valence-electron chi connectivity index (χ0n) is 12.6. The van der Waals surface area contributed by atoms with Crippen LogP contribution < -0.4 is 5.32 Å². The average molecular weight is 310 g/mol. The molecule has 2 N–H and O–H groups in total. The van der Waals surface area contributed by atoms with Crippen molar-refractivity contribution in [2.24, 2.45) is 0 Å². The van der Waals surface area contributed by atoms with E-state index in [-0.39, 0.29) is 11.4 Å². The number of aromatic amines is 1. The quantitative estimate of drug-likeness (QED) is 0.572. The van der Waals surface area contributed by atoms with E-state index in [1.54, 1.807) is 6.07 Å². The molecule has 0 atom stereocenters. The van der Waals surface area contributed by atoms with Gasteiger partial charge in [0.05, 0.1) is 10.4 Å². The molecule has 0 spiro atoms. The highest BCUT2D eigenvalue weighted by atomic mass is 16.6. The summed E-state index contributed by atoms with van der Waals surface area (Å²) in [5.41, 5.74) is 3.33. The monoisotopic (exact) mass is 310 g/mol. The van der Waals surface area contributed by atoms with Crippen molar-refractivity contribution in [3.8, 4) is 0 Å². The van der Waals surface area contributed by atoms with Crippen molar-refractivity contribution in [3.05, 3.63) is 63.3 Å². The predicted octanol–water partition coefficient (Wildman–Crippen LogP) is 3.34. The van der Waals surface area contributed by atoms with Crippen LogP contribution in [-0.2, 0) is 0 Å². The smallest absolute Gasteiger partial charge is 0.276 e. The number of nitrogens with zero attached hydrogens (tertiary/aromatic N) is 2. The van der Waals surface area contributed by atoms with E-state index < -0.39 is 10.8 Å². The molecule has 0 aliphatic carbocycles. The minimum Gasteiger partial charge on any atom is -0.320 e. The number of H-pyrrole nitrogens is 1. The van der Waals surface area contributed by atoms with Crippen molar-refractivity contribution < 1.29 is 9.72 Å². The number of anilines is 1. The van der Waals surface area contributed by atoms with E-state index in [2.05, 4.69) is 15.5 Å². The van der Waals surface area contributed by atoms with Crippen LogP contribution >= 0.6 is 0 Å². The molecule has 23 heavy (non-hydrogen) atoms. The van der Waals surface area contributed by atoms with Gasteiger partial charge in [0, 0.05) is 23.2 Å². The number of non-ortho nitro benzene ring substituents is 1. The van der Waals surface area contributed by atoms with E-state index in [0.717, 1.165) is 11.1 Å². The number of nitro groups is 1. The van der Waals surface area contributed by atoms with E-state index in [4.69, 9.17) is 0 Å². The van der Waals surface area contributed by atoms with Gasteiger partial charge in [-0.2, -0.15) is 5.10 Å². The number of nitro benzene ring substituents is 1. The Bertz CT molecular complexity index is 930. The molecule has 0 saturated heterocycles. The van der Waals surface area contributed by atoms with Gasteiger partial charge in [0.1, 0.15) is 0 Å². The maximum atomic E-state index is 12.5. The van der Waals surface area contributed by atoms with Crippen LogP contribution in [-0.4, -0.2) is 21.0 Å². The number of carbonyl (C=O) groups is 1. The lowest BCUT2D eigenvalue weighted by molar-refractivity contribution is -0.384. The number of nitrogens with one attached hydrogen (secondary N) is 2. The van der Waals surface area contributed by atoms with Crippen LogP contribution in [0.15, 0.2) is 36.4 Å². The molecule has 7 nitrogen and oxygen atoms in total. The summed E-state index contributed by atoms with van der Waals surface area (Å²) < 4.78 is 0. The van der Waals surface area contributed by atoms with Gasteiger partial charge in [-0.15, -0.1) is 0 Å². The Morgan fingerprint density at radius 2 is 2.04 bits per heavy atom. The Hall–Kier alpha value is -3.22. The SMILES string of the molecule is Cc1cccc(NC(=O)c2n[nH]c3ccc([N+](=O)[O-])cc23)c1C. The van der Waals surface area contributed by atoms with Crippen molar-refractivity contribution in [3.63, 3.8) is 0 Å². The number of fused-ring (bicyclic) bond motifs is 1. The number of amides is 1. The first-order valence-corrected chi connectivity index (χ1v) is 6.97. The first-order valence-electron chi connectivity index (χ1n) is 6.97. The lowest BCUT2D eigenvalue weighted by atomic mass is 10.1. The summed E-state index contributed by atoms with van der Waals surface area (Å²) in [5.74, 6) is -0.412. The second kappa shape index (κ2) is 5.53. The minimum absolute atomic E-state index is 0.0836. The largest absolute Gasteiger partial charge is 0.320 e. The van der Waals surface area contributed by atoms with Crippen LogP contribution in [0.3, 0.4) is 0 Å². The number of aryl methyl sites for hydroxylation is 1. The molecule has 3 rings (SSSR count). The highest BCUT2D eigenvalue weighted by molar-refractivity contribution is 6.11. The molecule has 0 radical (unpaired) electrons. The van der Waals surface area contributed by atoms with Gasteiger partial charge in [-0.25, -0.2) is 0 Å². The van der Waals surface area contributed by atoms with E-state index in [0.29, 0.717) is 16.6 Å². The second-order valence-electron chi connectivity index (χ2n) is 5.26. The van der Waals surface area contributed by atoms with E-state index >= 15 is 0 Å². The predicted molar refractivity (Wildman–Crippen MR) is 86.6 cm³/mol. The summed E-state index contributed by atoms with van der Waals surface area (Å²) in [4.78, 5) is 22.9. The Balaban J connectivity index is 1.99. The zero-order valence-corrected chi connectivity index (χ0v) is 12.6. The Kier molecular flexibility index (Phi) is 3.53. The number of hydrogen-bond acceptors (Lipinski definition) is 4. The molecule has 0 aliphatic rings. The Morgan fingerprint density at radius 3 is 2.78 bits per heavy atom. The summed E-state index contributed by atoms with van der Waals surface area (Å²) in [7, 11) is 0. The molecule has 1 heterocycles. The van der Waals surface area contributed by atoms with E-state index in [1.165, 1.54) is 18.2 Å². The number of carbonyl (C=O) groups excluding carboxylic acids is 1. The molecule has 0 aliphatic heterocycles. The molecule has 0 bridgehead atoms. The van der Waals surface area contributed by atoms with Crippen LogP contribution in [0.1, 0.15) is 21.6 Å². The van der Waals surface area contributed by atoms with E-state index in [9.17, 15) is 14.9 Å². The summed E-state index contributed by atoms with van der Waals surface area (Å²) in [6.45, 7) is 3.87. The van der Waals surface area contributed by atoms with Gasteiger partial charge in [0.25, 0.3) is 11.6 Å². The van der Waals surface area contributed by atoms with Crippen molar-refractivity contribution in [2.75, 3.05) is 5.32 Å². The van der Waals surface area contributed by atoms with Crippen molar-refractivity contribution >= 4 is 28.2 Å². The van der Waals surface area contributed by atoms with Gasteiger partial charge in [-0.3, -0.25) is 20.0 Å². The third-order valence-corrected chi connectivity index (χ3v) is 3.83. The standard InChI is InChI=1S/C16H14N4O3/c1-9-4-3-5-13(10(9)2)17-16(21)15-12-8-11(20(22)23)6-7-14(12)18-19-15/h3-8H,1-2H3,(H,17,21)(H,18,19). The maximum Gasteiger partial charge on any atom is 0.276 e. The molecule has 0 saturated carbocycles. The fraction of sp³-hybridized carbons (Fsp3) is 0.125. The summed E-state index contributed by atoms with van der Waals surface area (Å²) in [6, 6.07) is 9.86. The highest BCUT2D eigenvalue weighted by Crippen LogP contribution is 2.24. The summed E-state index contributed by atoms with van der Waals surface area (Å²) in [6.07, 6.45) is 0. The fourth-order valence-corrected chi connectivity index (χ4v) is 2.36. The Labute approximate surface area is 131 Å². The van der Waals surface area contributed by atoms with Gasteiger partial charge in [-0.1, -0.05) is 12.1 Å². The third kappa shape index (κ3) is 2.64. The first-order chi connectivity index (χ1) is 11.0. The third-order valence-electron chi connectivity index (χ3n) is 3.83. The lowest BCUT2D eigenvalue weighted by Crippen LogP contribution is -2.14. The van der Waals surface area contributed by atoms with Crippen LogP contribution in [0.5, 0.6) is 0 Å². The molecule has 7 heteroatoms. The van der Waals surface area contributed by atoms with Crippen molar-refractivity contribution in [2.45, 2.75) is 13.8 Å². The van der Waals surface area contributed by atoms with E-state index in [1.807, 2.05) is 26.0 Å². The van der Waals surface area contributed by atoms with Crippen LogP contribution in [0.2, 0.25) is 0 Å². The molecule has 0 unspecified atom stereocenters. The lowest BCUT2D eigenvalue weighted by Gasteiger charge is -2.09. The minimum atomic E-state index is -0.501. The molecule has 1 aromatic heterocycles. The summed E-state index contributed by atoms with van der Waals surface area (Å²) >= 11 is 0. The van der Waals surface area contributed by atoms with Crippen LogP contribution in [0, 0.1) is 24.0 Å². The number of hydrogen-bond donors (Lipinski definition) is 2. The zero-order chi connectivity index (χ0) is 16.6. The fourth-order valence-electron chi connectivity index (χ4n) is 2.36. The van der Waals surface area contributed by atoms with Crippen LogP contribution in [0.25, 0.3) is 10.9 Å². The number of rotatable bonds is 3. The van der Waals surface area contributed by atoms with Gasteiger partial charge in [-0.05, 0) is 37.1 Å². The molecule has 3 aromatic rings. The average Bonchev–Trinajstić information content (AvgIpc) is 2.94. The molecule has 0 fully saturated rings. The number of aromatic nitrogens is 2. The number of benzene rings is 2. The van der Waals surface area contributed by atoms with Crippen molar-refractivity contribution in [1.82, 2.24) is 10.2 Å². The molecule has 116 valence electrons. The molecule has 1 amide bonds. The highest BCUT2D eigenvalue weighted by Gasteiger charge is 2.18. The van der Waals surface area contributed by atoms with Gasteiger partial charge in [0.2, 0.25) is 0 Å². The van der Waals surface area contributed by atoms with Gasteiger partial charge >= 0.3 is 0 Å². The van der Waals surface area contributed by atoms with Gasteiger partial charge in [0.15, 0.2) is 5.69 Å². The second-order valence-corrected chi connectivity index (χ2v) is 5.26. The van der Waals surface area contributed by atoms with Crippen molar-refractivity contribution in [1.29, 1.82) is 0 Å². The van der Waals surface area contributed by atoms with Crippen LogP contribution in [0.4, 0.5) is 11.4 Å². The molecular formula is C16H14N4O3. The molecular weight excluding hydrogens is 296 g/mol. The maximum absolute atomic E-state index is 12.5. The van der Waals surface area contributed by atoms with Gasteiger partial charge < -0.3 is 5.32 Å². The summed E-state index contributed by atoms with van der Waals surface area (Å²) in [5, 5.41) is 20.8. The normalized spacial score (nSPS) is 10.7. The Morgan fingerprint density at radius 1 is 1.26 bits per heavy atom. The topological polar surface area (TPSA) is 101 Å². The molecule has 2 aromatic carbocycles.